The first-order valence-electron chi connectivity index (χ1n) is 15.4. The fraction of sp³-hybridized carbons (Fsp3) is 0.361. The average molecular weight is 647 g/mol. The lowest BCUT2D eigenvalue weighted by atomic mass is 9.99. The molecule has 8 nitrogen and oxygen atoms in total. The normalized spacial score (nSPS) is 14.3. The smallest absolute Gasteiger partial charge is 0.259 e. The Morgan fingerprint density at radius 1 is 0.978 bits per heavy atom. The Kier molecular flexibility index (Phi) is 9.56. The third-order valence-corrected chi connectivity index (χ3v) is 8.14. The van der Waals surface area contributed by atoms with Gasteiger partial charge in [-0.25, -0.2) is 4.39 Å². The zero-order chi connectivity index (χ0) is 33.2. The van der Waals surface area contributed by atoms with E-state index in [1.54, 1.807) is 53.8 Å². The fourth-order valence-corrected chi connectivity index (χ4v) is 5.80. The number of nitrogens with one attached hydrogen (secondary N) is 1. The monoisotopic (exact) mass is 646 g/mol. The minimum atomic E-state index is -0.777. The van der Waals surface area contributed by atoms with Crippen molar-refractivity contribution in [3.05, 3.63) is 100 Å². The number of aliphatic hydroxyl groups is 1. The second kappa shape index (κ2) is 13.3. The summed E-state index contributed by atoms with van der Waals surface area (Å²) in [5.74, 6) is -0.253. The maximum absolute atomic E-state index is 13.7. The average Bonchev–Trinajstić information content (AvgIpc) is 3.45. The number of rotatable bonds is 8. The van der Waals surface area contributed by atoms with Gasteiger partial charge in [-0.3, -0.25) is 14.3 Å². The molecule has 0 bridgehead atoms. The van der Waals surface area contributed by atoms with Crippen molar-refractivity contribution in [1.82, 2.24) is 14.7 Å². The molecule has 0 atom stereocenters. The largest absolute Gasteiger partial charge is 0.490 e. The number of anilines is 1. The van der Waals surface area contributed by atoms with E-state index in [0.29, 0.717) is 65.4 Å². The van der Waals surface area contributed by atoms with Gasteiger partial charge in [-0.15, -0.1) is 0 Å². The molecule has 3 aromatic carbocycles. The number of carbonyl (C=O) groups is 2. The third kappa shape index (κ3) is 7.95. The summed E-state index contributed by atoms with van der Waals surface area (Å²) in [6, 6.07) is 18.5. The van der Waals surface area contributed by atoms with Gasteiger partial charge in [-0.05, 0) is 94.8 Å². The lowest BCUT2D eigenvalue weighted by Gasteiger charge is -2.32. The number of carbonyl (C=O) groups excluding carboxylic acids is 2. The second-order valence-electron chi connectivity index (χ2n) is 13.4. The quantitative estimate of drug-likeness (QED) is 0.209. The van der Waals surface area contributed by atoms with Gasteiger partial charge in [-0.1, -0.05) is 23.7 Å². The van der Waals surface area contributed by atoms with Crippen LogP contribution in [0, 0.1) is 5.82 Å². The molecule has 4 aromatic rings. The number of amides is 2. The van der Waals surface area contributed by atoms with E-state index in [4.69, 9.17) is 16.3 Å². The van der Waals surface area contributed by atoms with Crippen molar-refractivity contribution < 1.29 is 23.8 Å². The Labute approximate surface area is 274 Å². The van der Waals surface area contributed by atoms with Crippen molar-refractivity contribution in [2.24, 2.45) is 0 Å². The van der Waals surface area contributed by atoms with Crippen LogP contribution in [0.2, 0.25) is 5.02 Å². The summed E-state index contributed by atoms with van der Waals surface area (Å²) >= 11 is 6.48. The Morgan fingerprint density at radius 2 is 1.63 bits per heavy atom. The highest BCUT2D eigenvalue weighted by molar-refractivity contribution is 6.34. The van der Waals surface area contributed by atoms with E-state index < -0.39 is 17.0 Å². The number of hydrogen-bond acceptors (Lipinski definition) is 5. The van der Waals surface area contributed by atoms with E-state index in [0.717, 1.165) is 11.3 Å². The van der Waals surface area contributed by atoms with Crippen molar-refractivity contribution in [2.75, 3.05) is 18.4 Å². The summed E-state index contributed by atoms with van der Waals surface area (Å²) in [6.07, 6.45) is 3.34. The van der Waals surface area contributed by atoms with Gasteiger partial charge in [0, 0.05) is 43.6 Å². The summed E-state index contributed by atoms with van der Waals surface area (Å²) in [6.45, 7) is 10.5. The van der Waals surface area contributed by atoms with E-state index in [-0.39, 0.29) is 17.8 Å². The molecule has 10 heteroatoms. The Bertz CT molecular complexity index is 1700. The molecule has 46 heavy (non-hydrogen) atoms. The van der Waals surface area contributed by atoms with Gasteiger partial charge in [-0.2, -0.15) is 5.10 Å². The number of hydrogen-bond donors (Lipinski definition) is 2. The maximum atomic E-state index is 13.7. The van der Waals surface area contributed by atoms with Crippen LogP contribution in [-0.4, -0.2) is 56.4 Å². The van der Waals surface area contributed by atoms with E-state index in [1.165, 1.54) is 18.3 Å². The molecule has 0 spiro atoms. The van der Waals surface area contributed by atoms with Crippen LogP contribution >= 0.6 is 11.6 Å². The zero-order valence-corrected chi connectivity index (χ0v) is 27.6. The van der Waals surface area contributed by atoms with Gasteiger partial charge in [0.25, 0.3) is 11.8 Å². The highest BCUT2D eigenvalue weighted by atomic mass is 35.5. The molecule has 0 radical (unpaired) electrons. The molecule has 1 aliphatic rings. The number of piperidine rings is 1. The van der Waals surface area contributed by atoms with Crippen molar-refractivity contribution in [3.63, 3.8) is 0 Å². The van der Waals surface area contributed by atoms with Crippen LogP contribution in [0.1, 0.15) is 73.7 Å². The van der Waals surface area contributed by atoms with Gasteiger partial charge < -0.3 is 20.1 Å². The van der Waals surface area contributed by atoms with Crippen LogP contribution in [0.3, 0.4) is 0 Å². The van der Waals surface area contributed by atoms with Crippen LogP contribution < -0.4 is 10.1 Å². The second-order valence-corrected chi connectivity index (χ2v) is 13.8. The van der Waals surface area contributed by atoms with Crippen LogP contribution in [0.5, 0.6) is 5.75 Å². The molecule has 2 heterocycles. The van der Waals surface area contributed by atoms with Gasteiger partial charge in [0.1, 0.15) is 17.7 Å². The number of aromatic nitrogens is 2. The summed E-state index contributed by atoms with van der Waals surface area (Å²) in [4.78, 5) is 28.9. The van der Waals surface area contributed by atoms with Gasteiger partial charge in [0.05, 0.1) is 39.2 Å². The van der Waals surface area contributed by atoms with Crippen LogP contribution in [0.15, 0.2) is 72.9 Å². The molecule has 1 saturated heterocycles. The van der Waals surface area contributed by atoms with E-state index in [1.807, 2.05) is 45.0 Å². The number of likely N-dealkylation sites (tertiary alicyclic amines) is 1. The van der Waals surface area contributed by atoms with E-state index in [2.05, 4.69) is 10.4 Å². The molecule has 242 valence electrons. The molecule has 2 amide bonds. The van der Waals surface area contributed by atoms with Gasteiger partial charge >= 0.3 is 0 Å². The predicted octanol–water partition coefficient (Wildman–Crippen LogP) is 7.35. The highest BCUT2D eigenvalue weighted by Gasteiger charge is 2.28. The van der Waals surface area contributed by atoms with Crippen molar-refractivity contribution in [3.8, 4) is 17.0 Å². The molecule has 1 aromatic heterocycles. The molecular formula is C36H40ClFN4O4. The minimum Gasteiger partial charge on any atom is -0.490 e. The molecule has 0 aliphatic carbocycles. The first-order chi connectivity index (χ1) is 21.7. The van der Waals surface area contributed by atoms with Crippen LogP contribution in [0.25, 0.3) is 11.3 Å². The summed E-state index contributed by atoms with van der Waals surface area (Å²) in [7, 11) is 0. The molecule has 0 saturated carbocycles. The molecule has 1 fully saturated rings. The lowest BCUT2D eigenvalue weighted by molar-refractivity contribution is 0.0594. The van der Waals surface area contributed by atoms with Crippen molar-refractivity contribution in [1.29, 1.82) is 0 Å². The minimum absolute atomic E-state index is 0.0328. The Morgan fingerprint density at radius 3 is 2.24 bits per heavy atom. The first kappa shape index (κ1) is 33.2. The SMILES string of the molecule is CC(C)(O)Cc1ccc(OC2CCN(C(=O)c3cc(NC(=O)c4cnn(C(C)(C)C)c4-c4ccc(F)cc4)ccc3Cl)CC2)cc1. The van der Waals surface area contributed by atoms with E-state index in [9.17, 15) is 19.1 Å². The number of halogens is 2. The number of nitrogens with zero attached hydrogens (tertiary/aromatic N) is 3. The maximum Gasteiger partial charge on any atom is 0.259 e. The predicted molar refractivity (Wildman–Crippen MR) is 178 cm³/mol. The number of ether oxygens (including phenoxy) is 1. The molecular weight excluding hydrogens is 607 g/mol. The standard InChI is InChI=1S/C36H40ClFN4O4/c1-35(2,3)42-32(24-8-10-25(38)11-9-24)30(22-39-42)33(43)40-26-12-15-31(37)29(20-26)34(44)41-18-16-28(17-19-41)46-27-13-6-23(7-14-27)21-36(4,5)45/h6-15,20,22,28,45H,16-19,21H2,1-5H3,(H,40,43). The fourth-order valence-electron chi connectivity index (χ4n) is 5.60. The van der Waals surface area contributed by atoms with Gasteiger partial charge in [0.2, 0.25) is 0 Å². The third-order valence-electron chi connectivity index (χ3n) is 7.81. The molecule has 5 rings (SSSR count). The molecule has 2 N–H and O–H groups in total. The molecule has 1 aliphatic heterocycles. The van der Waals surface area contributed by atoms with E-state index >= 15 is 0 Å². The van der Waals surface area contributed by atoms with Crippen molar-refractivity contribution in [2.45, 2.75) is 71.1 Å². The topological polar surface area (TPSA) is 96.7 Å². The summed E-state index contributed by atoms with van der Waals surface area (Å²) < 4.78 is 21.6. The van der Waals surface area contributed by atoms with Gasteiger partial charge in [0.15, 0.2) is 0 Å². The number of benzene rings is 3. The summed E-state index contributed by atoms with van der Waals surface area (Å²) in [5.41, 5.74) is 2.06. The first-order valence-corrected chi connectivity index (χ1v) is 15.8. The Hall–Kier alpha value is -4.21. The van der Waals surface area contributed by atoms with Crippen LogP contribution in [-0.2, 0) is 12.0 Å². The summed E-state index contributed by atoms with van der Waals surface area (Å²) in [5, 5.41) is 17.7. The highest BCUT2D eigenvalue weighted by Crippen LogP contribution is 2.31. The zero-order valence-electron chi connectivity index (χ0n) is 26.8. The van der Waals surface area contributed by atoms with Crippen molar-refractivity contribution >= 4 is 29.1 Å². The molecule has 0 unspecified atom stereocenters. The Balaban J connectivity index is 1.25. The lowest BCUT2D eigenvalue weighted by Crippen LogP contribution is -2.41. The van der Waals surface area contributed by atoms with Crippen LogP contribution in [0.4, 0.5) is 10.1 Å².